The number of methoxy groups -OCH3 is 1. The molecule has 0 saturated carbocycles. The molecule has 0 fully saturated rings. The van der Waals surface area contributed by atoms with Gasteiger partial charge in [0.1, 0.15) is 18.0 Å². The van der Waals surface area contributed by atoms with Crippen LogP contribution in [-0.2, 0) is 25.1 Å². The van der Waals surface area contributed by atoms with Crippen LogP contribution in [0.3, 0.4) is 0 Å². The highest BCUT2D eigenvalue weighted by Gasteiger charge is 2.19. The van der Waals surface area contributed by atoms with Crippen LogP contribution >= 0.6 is 15.9 Å². The number of pyridine rings is 1. The Labute approximate surface area is 160 Å². The van der Waals surface area contributed by atoms with Crippen molar-refractivity contribution in [3.05, 3.63) is 52.6 Å². The lowest BCUT2D eigenvalue weighted by Crippen LogP contribution is -2.24. The average molecular weight is 443 g/mol. The van der Waals surface area contributed by atoms with Crippen LogP contribution in [0, 0.1) is 0 Å². The summed E-state index contributed by atoms with van der Waals surface area (Å²) in [6.45, 7) is 0.628. The van der Waals surface area contributed by atoms with Gasteiger partial charge < -0.3 is 14.8 Å². The molecule has 26 heavy (non-hydrogen) atoms. The molecule has 0 atom stereocenters. The van der Waals surface area contributed by atoms with Gasteiger partial charge in [-0.1, -0.05) is 28.1 Å². The topological polar surface area (TPSA) is 94.6 Å². The number of benzene rings is 1. The van der Waals surface area contributed by atoms with E-state index in [0.29, 0.717) is 17.9 Å². The minimum absolute atomic E-state index is 0.210. The van der Waals surface area contributed by atoms with Crippen molar-refractivity contribution in [2.45, 2.75) is 5.75 Å². The quantitative estimate of drug-likeness (QED) is 0.599. The molecule has 0 aliphatic carbocycles. The number of nitrogens with zero attached hydrogens (tertiary/aromatic N) is 1. The number of rotatable bonds is 9. The zero-order chi connectivity index (χ0) is 19.0. The maximum Gasteiger partial charge on any atom is 0.239 e. The maximum atomic E-state index is 12.3. The highest BCUT2D eigenvalue weighted by Crippen LogP contribution is 2.21. The molecule has 2 aromatic rings. The normalized spacial score (nSPS) is 11.2. The van der Waals surface area contributed by atoms with Gasteiger partial charge in [-0.2, -0.15) is 0 Å². The molecule has 0 saturated heterocycles. The third kappa shape index (κ3) is 6.74. The van der Waals surface area contributed by atoms with E-state index in [2.05, 4.69) is 26.2 Å². The lowest BCUT2D eigenvalue weighted by molar-refractivity contribution is -0.113. The molecular formula is C17H19BrN2O5S. The SMILES string of the molecule is COCCOc1ncccc1NC(=O)CS(=O)(=O)Cc1cccc(Br)c1. The fourth-order valence-corrected chi connectivity index (χ4v) is 3.85. The van der Waals surface area contributed by atoms with Crippen LogP contribution in [0.1, 0.15) is 5.56 Å². The molecule has 1 aromatic carbocycles. The van der Waals surface area contributed by atoms with Gasteiger partial charge >= 0.3 is 0 Å². The molecule has 0 radical (unpaired) electrons. The minimum atomic E-state index is -3.62. The monoisotopic (exact) mass is 442 g/mol. The molecule has 1 amide bonds. The van der Waals surface area contributed by atoms with Crippen LogP contribution in [0.15, 0.2) is 47.1 Å². The molecule has 1 N–H and O–H groups in total. The van der Waals surface area contributed by atoms with Crippen molar-refractivity contribution in [3.8, 4) is 5.88 Å². The highest BCUT2D eigenvalue weighted by molar-refractivity contribution is 9.10. The highest BCUT2D eigenvalue weighted by atomic mass is 79.9. The summed E-state index contributed by atoms with van der Waals surface area (Å²) in [4.78, 5) is 16.2. The Morgan fingerprint density at radius 1 is 1.23 bits per heavy atom. The fourth-order valence-electron chi connectivity index (χ4n) is 2.14. The number of hydrogen-bond acceptors (Lipinski definition) is 6. The number of sulfone groups is 1. The summed E-state index contributed by atoms with van der Waals surface area (Å²) >= 11 is 3.29. The van der Waals surface area contributed by atoms with E-state index in [1.807, 2.05) is 0 Å². The van der Waals surface area contributed by atoms with Crippen molar-refractivity contribution in [2.24, 2.45) is 0 Å². The summed E-state index contributed by atoms with van der Waals surface area (Å²) in [6, 6.07) is 10.2. The summed E-state index contributed by atoms with van der Waals surface area (Å²) in [5, 5.41) is 2.54. The minimum Gasteiger partial charge on any atom is -0.474 e. The van der Waals surface area contributed by atoms with Crippen LogP contribution in [0.4, 0.5) is 5.69 Å². The number of hydrogen-bond donors (Lipinski definition) is 1. The number of carbonyl (C=O) groups excluding carboxylic acids is 1. The van der Waals surface area contributed by atoms with Crippen molar-refractivity contribution in [3.63, 3.8) is 0 Å². The molecule has 7 nitrogen and oxygen atoms in total. The molecule has 0 spiro atoms. The van der Waals surface area contributed by atoms with E-state index in [1.54, 1.807) is 43.5 Å². The standard InChI is InChI=1S/C17H19BrN2O5S/c1-24-8-9-25-17-15(6-3-7-19-17)20-16(21)12-26(22,23)11-13-4-2-5-14(18)10-13/h2-7,10H,8-9,11-12H2,1H3,(H,20,21). The second-order valence-corrected chi connectivity index (χ2v) is 8.39. The summed E-state index contributed by atoms with van der Waals surface area (Å²) < 4.78 is 35.6. The first-order chi connectivity index (χ1) is 12.4. The predicted octanol–water partition coefficient (Wildman–Crippen LogP) is 2.42. The van der Waals surface area contributed by atoms with Crippen LogP contribution in [0.25, 0.3) is 0 Å². The maximum absolute atomic E-state index is 12.3. The second-order valence-electron chi connectivity index (χ2n) is 5.41. The van der Waals surface area contributed by atoms with Crippen molar-refractivity contribution in [1.82, 2.24) is 4.98 Å². The van der Waals surface area contributed by atoms with Crippen molar-refractivity contribution >= 4 is 37.4 Å². The number of ether oxygens (including phenoxy) is 2. The zero-order valence-corrected chi connectivity index (χ0v) is 16.5. The first kappa shape index (κ1) is 20.3. The summed E-state index contributed by atoms with van der Waals surface area (Å²) in [5.41, 5.74) is 0.920. The van der Waals surface area contributed by atoms with Crippen LogP contribution in [-0.4, -0.2) is 45.4 Å². The Morgan fingerprint density at radius 3 is 2.77 bits per heavy atom. The Bertz CT molecular complexity index is 858. The smallest absolute Gasteiger partial charge is 0.239 e. The summed E-state index contributed by atoms with van der Waals surface area (Å²) in [5.74, 6) is -1.29. The van der Waals surface area contributed by atoms with E-state index in [-0.39, 0.29) is 18.2 Å². The van der Waals surface area contributed by atoms with E-state index in [9.17, 15) is 13.2 Å². The third-order valence-electron chi connectivity index (χ3n) is 3.20. The van der Waals surface area contributed by atoms with Gasteiger partial charge in [0.05, 0.1) is 12.4 Å². The van der Waals surface area contributed by atoms with E-state index in [4.69, 9.17) is 9.47 Å². The largest absolute Gasteiger partial charge is 0.474 e. The van der Waals surface area contributed by atoms with Gasteiger partial charge in [-0.15, -0.1) is 0 Å². The van der Waals surface area contributed by atoms with Crippen molar-refractivity contribution in [2.75, 3.05) is 31.4 Å². The number of halogens is 1. The van der Waals surface area contributed by atoms with Gasteiger partial charge in [-0.3, -0.25) is 4.79 Å². The van der Waals surface area contributed by atoms with E-state index in [1.165, 1.54) is 6.20 Å². The van der Waals surface area contributed by atoms with Gasteiger partial charge in [0, 0.05) is 17.8 Å². The molecule has 0 bridgehead atoms. The molecule has 1 aromatic heterocycles. The Hall–Kier alpha value is -1.97. The molecule has 9 heteroatoms. The summed E-state index contributed by atoms with van der Waals surface area (Å²) in [7, 11) is -2.08. The van der Waals surface area contributed by atoms with Crippen molar-refractivity contribution in [1.29, 1.82) is 0 Å². The number of nitrogens with one attached hydrogen (secondary N) is 1. The lowest BCUT2D eigenvalue weighted by atomic mass is 10.2. The molecule has 1 heterocycles. The lowest BCUT2D eigenvalue weighted by Gasteiger charge is -2.11. The Kier molecular flexibility index (Phi) is 7.55. The van der Waals surface area contributed by atoms with Crippen molar-refractivity contribution < 1.29 is 22.7 Å². The number of carbonyl (C=O) groups is 1. The molecule has 0 unspecified atom stereocenters. The van der Waals surface area contributed by atoms with Gasteiger partial charge in [0.15, 0.2) is 9.84 Å². The Balaban J connectivity index is 1.99. The van der Waals surface area contributed by atoms with Crippen LogP contribution < -0.4 is 10.1 Å². The predicted molar refractivity (Wildman–Crippen MR) is 102 cm³/mol. The average Bonchev–Trinajstić information content (AvgIpc) is 2.55. The van der Waals surface area contributed by atoms with Gasteiger partial charge in [-0.05, 0) is 29.8 Å². The van der Waals surface area contributed by atoms with E-state index in [0.717, 1.165) is 4.47 Å². The van der Waals surface area contributed by atoms with E-state index >= 15 is 0 Å². The molecule has 0 aliphatic heterocycles. The van der Waals surface area contributed by atoms with Gasteiger partial charge in [0.2, 0.25) is 11.8 Å². The van der Waals surface area contributed by atoms with E-state index < -0.39 is 21.5 Å². The number of amides is 1. The molecule has 0 aliphatic rings. The number of anilines is 1. The molecule has 2 rings (SSSR count). The number of aromatic nitrogens is 1. The molecule has 140 valence electrons. The first-order valence-corrected chi connectivity index (χ1v) is 10.3. The zero-order valence-electron chi connectivity index (χ0n) is 14.1. The van der Waals surface area contributed by atoms with Gasteiger partial charge in [0.25, 0.3) is 0 Å². The first-order valence-electron chi connectivity index (χ1n) is 7.71. The third-order valence-corrected chi connectivity index (χ3v) is 5.17. The fraction of sp³-hybridized carbons (Fsp3) is 0.294. The summed E-state index contributed by atoms with van der Waals surface area (Å²) in [6.07, 6.45) is 1.52. The molecular weight excluding hydrogens is 424 g/mol. The van der Waals surface area contributed by atoms with Crippen LogP contribution in [0.5, 0.6) is 5.88 Å². The van der Waals surface area contributed by atoms with Gasteiger partial charge in [-0.25, -0.2) is 13.4 Å². The van der Waals surface area contributed by atoms with Crippen LogP contribution in [0.2, 0.25) is 0 Å². The Morgan fingerprint density at radius 2 is 2.04 bits per heavy atom. The second kappa shape index (κ2) is 9.65.